The molecule has 0 bridgehead atoms. The summed E-state index contributed by atoms with van der Waals surface area (Å²) in [4.78, 5) is 26.1. The van der Waals surface area contributed by atoms with E-state index < -0.39 is 26.4 Å². The van der Waals surface area contributed by atoms with Crippen LogP contribution in [-0.2, 0) is 9.36 Å². The first-order chi connectivity index (χ1) is 7.81. The summed E-state index contributed by atoms with van der Waals surface area (Å²) in [6, 6.07) is 9.49. The number of anilines is 1. The minimum absolute atomic E-state index is 0.439. The molecule has 7 nitrogen and oxygen atoms in total. The van der Waals surface area contributed by atoms with Crippen LogP contribution in [0.1, 0.15) is 0 Å². The Kier molecular flexibility index (Phi) is 7.16. The second-order valence-corrected chi connectivity index (χ2v) is 4.70. The Morgan fingerprint density at radius 2 is 1.82 bits per heavy atom. The minimum Gasteiger partial charge on any atom is -0.480 e. The van der Waals surface area contributed by atoms with Crippen LogP contribution in [0.5, 0.6) is 0 Å². The summed E-state index contributed by atoms with van der Waals surface area (Å²) in [6.45, 7) is -0.439. The fourth-order valence-electron chi connectivity index (χ4n) is 0.762. The molecule has 0 unspecified atom stereocenters. The zero-order valence-electron chi connectivity index (χ0n) is 8.98. The van der Waals surface area contributed by atoms with Crippen molar-refractivity contribution < 1.29 is 24.3 Å². The number of nitrogens with one attached hydrogen (secondary N) is 1. The third kappa shape index (κ3) is 12.5. The Labute approximate surface area is 98.4 Å². The molecule has 0 radical (unpaired) electrons. The van der Waals surface area contributed by atoms with Gasteiger partial charge >= 0.3 is 13.6 Å². The lowest BCUT2D eigenvalue weighted by molar-refractivity contribution is -0.135. The van der Waals surface area contributed by atoms with E-state index in [0.717, 1.165) is 5.69 Å². The second-order valence-electron chi connectivity index (χ2n) is 3.05. The summed E-state index contributed by atoms with van der Waals surface area (Å²) in [6.07, 6.45) is -0.598. The van der Waals surface area contributed by atoms with Crippen LogP contribution in [-0.4, -0.2) is 33.7 Å². The highest BCUT2D eigenvalue weighted by Gasteiger charge is 2.11. The number of carbonyl (C=O) groups is 1. The molecule has 1 aromatic rings. The Bertz CT molecular complexity index is 378. The maximum absolute atomic E-state index is 10.1. The third-order valence-corrected chi connectivity index (χ3v) is 2.03. The van der Waals surface area contributed by atoms with Crippen LogP contribution in [0, 0.1) is 0 Å². The van der Waals surface area contributed by atoms with Crippen LogP contribution in [0.15, 0.2) is 30.3 Å². The molecule has 1 aromatic carbocycles. The van der Waals surface area contributed by atoms with E-state index >= 15 is 0 Å². The lowest BCUT2D eigenvalue weighted by atomic mass is 10.3. The molecule has 0 saturated carbocycles. The Morgan fingerprint density at radius 1 is 1.29 bits per heavy atom. The van der Waals surface area contributed by atoms with Crippen molar-refractivity contribution in [3.05, 3.63) is 30.3 Å². The van der Waals surface area contributed by atoms with Crippen LogP contribution < -0.4 is 11.1 Å². The number of para-hydroxylation sites is 1. The maximum atomic E-state index is 10.1. The Morgan fingerprint density at radius 3 is 2.12 bits per heavy atom. The first-order valence-electron chi connectivity index (χ1n) is 4.59. The van der Waals surface area contributed by atoms with Gasteiger partial charge in [-0.2, -0.15) is 0 Å². The zero-order chi connectivity index (χ0) is 13.3. The normalized spacial score (nSPS) is 10.2. The first-order valence-corrected chi connectivity index (χ1v) is 6.38. The van der Waals surface area contributed by atoms with E-state index in [9.17, 15) is 9.36 Å². The fraction of sp³-hybridized carbons (Fsp3) is 0.222. The monoisotopic (exact) mass is 262 g/mol. The van der Waals surface area contributed by atoms with Crippen LogP contribution in [0.4, 0.5) is 5.69 Å². The van der Waals surface area contributed by atoms with Gasteiger partial charge in [0.25, 0.3) is 0 Å². The van der Waals surface area contributed by atoms with E-state index in [0.29, 0.717) is 0 Å². The molecule has 0 heterocycles. The Balaban J connectivity index is 0.000000318. The van der Waals surface area contributed by atoms with Gasteiger partial charge in [-0.15, -0.1) is 0 Å². The van der Waals surface area contributed by atoms with Crippen LogP contribution in [0.3, 0.4) is 0 Å². The number of carboxylic acids is 1. The summed E-state index contributed by atoms with van der Waals surface area (Å²) < 4.78 is 10.1. The largest absolute Gasteiger partial charge is 0.480 e. The van der Waals surface area contributed by atoms with Gasteiger partial charge in [0.05, 0.1) is 12.8 Å². The molecule has 8 heteroatoms. The topological polar surface area (TPSA) is 133 Å². The van der Waals surface area contributed by atoms with Crippen molar-refractivity contribution in [3.63, 3.8) is 0 Å². The predicted molar refractivity (Wildman–Crippen MR) is 63.4 cm³/mol. The number of hydrogen-bond acceptors (Lipinski definition) is 4. The summed E-state index contributed by atoms with van der Waals surface area (Å²) in [7, 11) is -4.10. The van der Waals surface area contributed by atoms with Gasteiger partial charge in [-0.25, -0.2) is 0 Å². The number of nitrogens with two attached hydrogens (primary N) is 1. The number of aliphatic carboxylic acids is 1. The molecule has 1 rings (SSSR count). The molecule has 0 spiro atoms. The molecule has 0 atom stereocenters. The van der Waals surface area contributed by atoms with Gasteiger partial charge < -0.3 is 20.6 Å². The van der Waals surface area contributed by atoms with E-state index in [-0.39, 0.29) is 0 Å². The van der Waals surface area contributed by atoms with Crippen molar-refractivity contribution >= 4 is 19.3 Å². The van der Waals surface area contributed by atoms with Gasteiger partial charge in [-0.05, 0) is 12.1 Å². The van der Waals surface area contributed by atoms with Crippen LogP contribution >= 0.6 is 7.60 Å². The third-order valence-electron chi connectivity index (χ3n) is 1.39. The van der Waals surface area contributed by atoms with Crippen LogP contribution in [0.2, 0.25) is 0 Å². The van der Waals surface area contributed by atoms with Crippen molar-refractivity contribution in [2.45, 2.75) is 0 Å². The number of hydrogen-bond donors (Lipinski definition) is 5. The number of nitrogen functional groups attached to an aromatic ring is 1. The number of benzene rings is 1. The smallest absolute Gasteiger partial charge is 0.339 e. The molecular weight excluding hydrogens is 247 g/mol. The van der Waals surface area contributed by atoms with E-state index in [1.165, 1.54) is 0 Å². The summed E-state index contributed by atoms with van der Waals surface area (Å²) in [5.74, 6) is -1.14. The number of rotatable bonds is 4. The molecule has 6 N–H and O–H groups in total. The first kappa shape index (κ1) is 15.6. The van der Waals surface area contributed by atoms with Gasteiger partial charge in [0, 0.05) is 5.69 Å². The highest BCUT2D eigenvalue weighted by atomic mass is 31.2. The van der Waals surface area contributed by atoms with Crippen molar-refractivity contribution in [2.24, 2.45) is 0 Å². The lowest BCUT2D eigenvalue weighted by Crippen LogP contribution is -2.23. The average Bonchev–Trinajstić information content (AvgIpc) is 2.17. The van der Waals surface area contributed by atoms with Crippen molar-refractivity contribution in [1.29, 1.82) is 0 Å². The second kappa shape index (κ2) is 7.81. The van der Waals surface area contributed by atoms with Gasteiger partial charge in [0.1, 0.15) is 0 Å². The Hall–Kier alpha value is -1.40. The van der Waals surface area contributed by atoms with Gasteiger partial charge in [-0.3, -0.25) is 14.7 Å². The quantitative estimate of drug-likeness (QED) is 0.383. The molecule has 0 fully saturated rings. The molecule has 0 aliphatic heterocycles. The van der Waals surface area contributed by atoms with E-state index in [1.807, 2.05) is 30.3 Å². The molecule has 0 aliphatic carbocycles. The number of carboxylic acid groups (broad SMARTS) is 1. The SMILES string of the molecule is Nc1ccccc1.O=C(O)CNCP(=O)(O)O. The van der Waals surface area contributed by atoms with Crippen molar-refractivity contribution in [2.75, 3.05) is 18.6 Å². The summed E-state index contributed by atoms with van der Waals surface area (Å²) in [5, 5.41) is 10.1. The van der Waals surface area contributed by atoms with Gasteiger partial charge in [0.2, 0.25) is 0 Å². The highest BCUT2D eigenvalue weighted by Crippen LogP contribution is 2.31. The van der Waals surface area contributed by atoms with Crippen molar-refractivity contribution in [1.82, 2.24) is 5.32 Å². The van der Waals surface area contributed by atoms with Crippen molar-refractivity contribution in [3.8, 4) is 0 Å². The van der Waals surface area contributed by atoms with E-state index in [1.54, 1.807) is 0 Å². The molecule has 96 valence electrons. The molecule has 0 amide bonds. The van der Waals surface area contributed by atoms with E-state index in [2.05, 4.69) is 5.32 Å². The predicted octanol–water partition coefficient (Wildman–Crippen LogP) is 0.0646. The maximum Gasteiger partial charge on any atom is 0.339 e. The highest BCUT2D eigenvalue weighted by molar-refractivity contribution is 7.51. The molecule has 0 saturated heterocycles. The molecular formula is C9H15N2O5P. The van der Waals surface area contributed by atoms with Gasteiger partial charge in [0.15, 0.2) is 0 Å². The standard InChI is InChI=1S/C6H7N.C3H8NO5P/c7-6-4-2-1-3-5-6;5-3(6)1-4-2-10(7,8)9/h1-5H,7H2;4H,1-2H2,(H,5,6)(H2,7,8,9). The fourth-order valence-corrected chi connectivity index (χ4v) is 1.16. The zero-order valence-corrected chi connectivity index (χ0v) is 9.88. The molecule has 17 heavy (non-hydrogen) atoms. The van der Waals surface area contributed by atoms with E-state index in [4.69, 9.17) is 20.6 Å². The summed E-state index contributed by atoms with van der Waals surface area (Å²) >= 11 is 0. The summed E-state index contributed by atoms with van der Waals surface area (Å²) in [5.41, 5.74) is 6.18. The lowest BCUT2D eigenvalue weighted by Gasteiger charge is -2.02. The molecule has 0 aromatic heterocycles. The minimum atomic E-state index is -4.10. The average molecular weight is 262 g/mol. The van der Waals surface area contributed by atoms with Crippen LogP contribution in [0.25, 0.3) is 0 Å². The molecule has 0 aliphatic rings. The van der Waals surface area contributed by atoms with Gasteiger partial charge in [-0.1, -0.05) is 18.2 Å².